The van der Waals surface area contributed by atoms with E-state index in [0.717, 1.165) is 16.7 Å². The molecule has 0 saturated heterocycles. The van der Waals surface area contributed by atoms with Gasteiger partial charge in [-0.05, 0) is 42.8 Å². The van der Waals surface area contributed by atoms with Crippen molar-refractivity contribution in [2.24, 2.45) is 0 Å². The molecule has 184 valence electrons. The molecule has 5 rings (SSSR count). The zero-order chi connectivity index (χ0) is 25.1. The highest BCUT2D eigenvalue weighted by Gasteiger charge is 2.42. The number of carbonyl (C=O) groups is 1. The third kappa shape index (κ3) is 3.87. The number of aromatic nitrogens is 2. The Bertz CT molecular complexity index is 1470. The number of nitrogens with two attached hydrogens (primary N) is 1. The van der Waals surface area contributed by atoms with Crippen LogP contribution in [0.3, 0.4) is 0 Å². The average molecular weight is 502 g/mol. The Balaban J connectivity index is 1.58. The molecule has 35 heavy (non-hydrogen) atoms. The van der Waals surface area contributed by atoms with E-state index in [1.807, 2.05) is 6.92 Å². The van der Waals surface area contributed by atoms with Crippen molar-refractivity contribution >= 4 is 43.9 Å². The largest absolute Gasteiger partial charge is 0.474 e. The van der Waals surface area contributed by atoms with E-state index in [9.17, 15) is 18.3 Å². The lowest BCUT2D eigenvalue weighted by molar-refractivity contribution is 0.194. The molecule has 0 spiro atoms. The topological polar surface area (TPSA) is 148 Å². The summed E-state index contributed by atoms with van der Waals surface area (Å²) < 4.78 is 44.5. The lowest BCUT2D eigenvalue weighted by Crippen LogP contribution is -2.52. The van der Waals surface area contributed by atoms with E-state index < -0.39 is 33.0 Å². The van der Waals surface area contributed by atoms with E-state index in [0.29, 0.717) is 41.1 Å². The molecule has 0 atom stereocenters. The van der Waals surface area contributed by atoms with Crippen molar-refractivity contribution in [1.29, 1.82) is 0 Å². The predicted molar refractivity (Wildman–Crippen MR) is 130 cm³/mol. The zero-order valence-electron chi connectivity index (χ0n) is 19.1. The van der Waals surface area contributed by atoms with Crippen LogP contribution in [0.5, 0.6) is 5.88 Å². The molecule has 4 N–H and O–H groups in total. The summed E-state index contributed by atoms with van der Waals surface area (Å²) in [5.41, 5.74) is 8.18. The summed E-state index contributed by atoms with van der Waals surface area (Å²) in [6.07, 6.45) is 3.14. The molecule has 12 heteroatoms. The number of hydrogen-bond acceptors (Lipinski definition) is 8. The quantitative estimate of drug-likeness (QED) is 0.458. The lowest BCUT2D eigenvalue weighted by atomic mass is 9.90. The van der Waals surface area contributed by atoms with E-state index in [1.165, 1.54) is 18.5 Å². The summed E-state index contributed by atoms with van der Waals surface area (Å²) in [6, 6.07) is 2.60. The molecule has 2 aliphatic rings. The number of pyridine rings is 2. The van der Waals surface area contributed by atoms with Gasteiger partial charge in [-0.3, -0.25) is 4.90 Å². The fraction of sp³-hybridized carbons (Fsp3) is 0.348. The third-order valence-electron chi connectivity index (χ3n) is 6.71. The molecule has 1 amide bonds. The number of fused-ring (bicyclic) bond motifs is 2. The Hall–Kier alpha value is -3.67. The molecule has 1 aromatic carbocycles. The number of amides is 1. The molecule has 1 saturated carbocycles. The number of benzene rings is 1. The Morgan fingerprint density at radius 2 is 2.00 bits per heavy atom. The summed E-state index contributed by atoms with van der Waals surface area (Å²) in [5, 5.41) is 13.3. The van der Waals surface area contributed by atoms with Crippen LogP contribution in [0.2, 0.25) is 0 Å². The number of carboxylic acid groups (broad SMARTS) is 1. The van der Waals surface area contributed by atoms with Crippen LogP contribution in [0.15, 0.2) is 24.5 Å². The number of hydrogen-bond donors (Lipinski definition) is 3. The number of nitrogen functional groups attached to an aromatic ring is 1. The van der Waals surface area contributed by atoms with Crippen molar-refractivity contribution in [3.8, 4) is 17.0 Å². The van der Waals surface area contributed by atoms with Gasteiger partial charge < -0.3 is 20.9 Å². The second-order valence-electron chi connectivity index (χ2n) is 8.90. The van der Waals surface area contributed by atoms with Gasteiger partial charge in [0.25, 0.3) is 0 Å². The number of halogens is 1. The highest BCUT2D eigenvalue weighted by Crippen LogP contribution is 2.40. The molecule has 3 heterocycles. The van der Waals surface area contributed by atoms with Gasteiger partial charge in [-0.15, -0.1) is 0 Å². The number of nitrogens with one attached hydrogen (secondary N) is 1. The minimum atomic E-state index is -3.25. The van der Waals surface area contributed by atoms with Crippen molar-refractivity contribution < 1.29 is 27.4 Å². The van der Waals surface area contributed by atoms with Crippen molar-refractivity contribution in [2.75, 3.05) is 35.4 Å². The smallest absolute Gasteiger partial charge is 0.413 e. The minimum absolute atomic E-state index is 0.111. The van der Waals surface area contributed by atoms with Crippen LogP contribution < -0.4 is 20.7 Å². The van der Waals surface area contributed by atoms with Crippen LogP contribution in [0.4, 0.5) is 26.4 Å². The van der Waals surface area contributed by atoms with Crippen molar-refractivity contribution in [1.82, 2.24) is 9.97 Å². The number of sulfone groups is 1. The van der Waals surface area contributed by atoms with Gasteiger partial charge >= 0.3 is 6.09 Å². The Morgan fingerprint density at radius 1 is 1.26 bits per heavy atom. The summed E-state index contributed by atoms with van der Waals surface area (Å²) in [6.45, 7) is 2.91. The minimum Gasteiger partial charge on any atom is -0.474 e. The van der Waals surface area contributed by atoms with E-state index in [-0.39, 0.29) is 29.9 Å². The number of ether oxygens (including phenoxy) is 1. The number of rotatable bonds is 4. The fourth-order valence-corrected chi connectivity index (χ4v) is 5.79. The fourth-order valence-electron chi connectivity index (χ4n) is 4.65. The molecule has 0 unspecified atom stereocenters. The van der Waals surface area contributed by atoms with Crippen LogP contribution in [0.25, 0.3) is 21.9 Å². The van der Waals surface area contributed by atoms with E-state index >= 15 is 4.39 Å². The van der Waals surface area contributed by atoms with E-state index in [2.05, 4.69) is 15.3 Å². The molecule has 1 aliphatic carbocycles. The van der Waals surface area contributed by atoms with Gasteiger partial charge in [0, 0.05) is 47.7 Å². The first-order chi connectivity index (χ1) is 16.6. The summed E-state index contributed by atoms with van der Waals surface area (Å²) in [5.74, 6) is -0.0591. The molecular formula is C23H24FN5O5S. The van der Waals surface area contributed by atoms with Crippen molar-refractivity contribution in [3.05, 3.63) is 35.9 Å². The lowest BCUT2D eigenvalue weighted by Gasteiger charge is -2.39. The van der Waals surface area contributed by atoms with E-state index in [4.69, 9.17) is 10.5 Å². The van der Waals surface area contributed by atoms with Gasteiger partial charge in [0.1, 0.15) is 27.9 Å². The molecular weight excluding hydrogens is 477 g/mol. The molecule has 0 radical (unpaired) electrons. The highest BCUT2D eigenvalue weighted by atomic mass is 32.2. The Morgan fingerprint density at radius 3 is 2.69 bits per heavy atom. The van der Waals surface area contributed by atoms with Crippen LogP contribution in [-0.2, 0) is 9.84 Å². The SMILES string of the molecule is Cc1c(-c2cc3cc(N(C(=O)O)[C@H]4C[C@@H](S(C)(=O)=O)C4)ncc3c(N)c2F)cnc2c1NCCO2. The van der Waals surface area contributed by atoms with E-state index in [1.54, 1.807) is 6.07 Å². The summed E-state index contributed by atoms with van der Waals surface area (Å²) in [4.78, 5) is 21.6. The van der Waals surface area contributed by atoms with Crippen LogP contribution in [0.1, 0.15) is 18.4 Å². The van der Waals surface area contributed by atoms with Gasteiger partial charge in [-0.1, -0.05) is 0 Å². The summed E-state index contributed by atoms with van der Waals surface area (Å²) >= 11 is 0. The zero-order valence-corrected chi connectivity index (χ0v) is 19.9. The van der Waals surface area contributed by atoms with Gasteiger partial charge in [0.2, 0.25) is 5.88 Å². The molecule has 1 aliphatic heterocycles. The number of anilines is 3. The first-order valence-electron chi connectivity index (χ1n) is 11.0. The second-order valence-corrected chi connectivity index (χ2v) is 11.2. The van der Waals surface area contributed by atoms with Gasteiger partial charge in [0.05, 0.1) is 10.9 Å². The maximum Gasteiger partial charge on any atom is 0.413 e. The standard InChI is InChI=1S/C23H24FN5O5S/c1-11-16(9-28-22-21(11)26-3-4-34-22)15-5-12-6-18(27-10-17(12)20(25)19(15)24)29(23(30)31)13-7-14(8-13)35(2,32)33/h5-6,9-10,13-14,26H,3-4,7-8,25H2,1-2H3,(H,30,31)/t13-,14+. The molecule has 3 aromatic rings. The first-order valence-corrected chi connectivity index (χ1v) is 13.0. The maximum atomic E-state index is 15.4. The molecule has 0 bridgehead atoms. The van der Waals surface area contributed by atoms with Crippen LogP contribution in [-0.4, -0.2) is 60.3 Å². The Labute approximate surface area is 200 Å². The molecule has 10 nitrogen and oxygen atoms in total. The van der Waals surface area contributed by atoms with Gasteiger partial charge in [0.15, 0.2) is 5.82 Å². The Kier molecular flexibility index (Phi) is 5.42. The normalized spacial score (nSPS) is 19.3. The van der Waals surface area contributed by atoms with Crippen LogP contribution in [0, 0.1) is 12.7 Å². The molecule has 1 fully saturated rings. The van der Waals surface area contributed by atoms with Crippen molar-refractivity contribution in [2.45, 2.75) is 31.1 Å². The molecule has 2 aromatic heterocycles. The third-order valence-corrected chi connectivity index (χ3v) is 8.31. The van der Waals surface area contributed by atoms with Gasteiger partial charge in [-0.25, -0.2) is 27.6 Å². The highest BCUT2D eigenvalue weighted by molar-refractivity contribution is 7.91. The second kappa shape index (κ2) is 8.22. The first kappa shape index (κ1) is 23.1. The average Bonchev–Trinajstić information content (AvgIpc) is 2.77. The summed E-state index contributed by atoms with van der Waals surface area (Å²) in [7, 11) is -3.25. The maximum absolute atomic E-state index is 15.4. The number of nitrogens with zero attached hydrogens (tertiary/aromatic N) is 3. The van der Waals surface area contributed by atoms with Crippen LogP contribution >= 0.6 is 0 Å². The monoisotopic (exact) mass is 501 g/mol. The van der Waals surface area contributed by atoms with Gasteiger partial charge in [-0.2, -0.15) is 0 Å². The predicted octanol–water partition coefficient (Wildman–Crippen LogP) is 3.19. The van der Waals surface area contributed by atoms with Crippen molar-refractivity contribution in [3.63, 3.8) is 0 Å².